The standard InChI is InChI=1S/C14H20F3N3O3/c1-8(11-9(2)19-23-10(11)3)18-12(21)20-6-4-13(22,5-7-20)14(15,16)17/h8,22H,4-7H2,1-3H3,(H,18,21)/t8-/m0/s1. The van der Waals surface area contributed by atoms with Gasteiger partial charge >= 0.3 is 12.2 Å². The molecule has 0 aromatic carbocycles. The third kappa shape index (κ3) is 3.44. The van der Waals surface area contributed by atoms with E-state index in [4.69, 9.17) is 4.52 Å². The van der Waals surface area contributed by atoms with Gasteiger partial charge in [0.05, 0.1) is 11.7 Å². The van der Waals surface area contributed by atoms with E-state index in [1.165, 1.54) is 4.90 Å². The Balaban J connectivity index is 1.96. The lowest BCUT2D eigenvalue weighted by Gasteiger charge is -2.39. The van der Waals surface area contributed by atoms with Gasteiger partial charge in [-0.05, 0) is 20.8 Å². The summed E-state index contributed by atoms with van der Waals surface area (Å²) in [5.74, 6) is 0.584. The minimum absolute atomic E-state index is 0.157. The highest BCUT2D eigenvalue weighted by atomic mass is 19.4. The molecule has 0 spiro atoms. The summed E-state index contributed by atoms with van der Waals surface area (Å²) in [5, 5.41) is 16.1. The lowest BCUT2D eigenvalue weighted by molar-refractivity contribution is -0.271. The van der Waals surface area contributed by atoms with E-state index >= 15 is 0 Å². The van der Waals surface area contributed by atoms with Crippen LogP contribution in [0.4, 0.5) is 18.0 Å². The van der Waals surface area contributed by atoms with Gasteiger partial charge in [0, 0.05) is 31.5 Å². The molecule has 0 unspecified atom stereocenters. The van der Waals surface area contributed by atoms with Crippen LogP contribution in [0.15, 0.2) is 4.52 Å². The van der Waals surface area contributed by atoms with Gasteiger partial charge in [-0.25, -0.2) is 4.79 Å². The van der Waals surface area contributed by atoms with Gasteiger partial charge < -0.3 is 19.8 Å². The number of hydrogen-bond donors (Lipinski definition) is 2. The maximum atomic E-state index is 12.8. The lowest BCUT2D eigenvalue weighted by atomic mass is 9.91. The summed E-state index contributed by atoms with van der Waals surface area (Å²) in [6, 6.07) is -0.848. The van der Waals surface area contributed by atoms with Crippen LogP contribution < -0.4 is 5.32 Å². The van der Waals surface area contributed by atoms with Gasteiger partial charge in [0.1, 0.15) is 5.76 Å². The molecular formula is C14H20F3N3O3. The molecule has 1 aromatic rings. The smallest absolute Gasteiger partial charge is 0.380 e. The minimum atomic E-state index is -4.68. The van der Waals surface area contributed by atoms with Crippen LogP contribution in [-0.4, -0.2) is 46.1 Å². The molecule has 23 heavy (non-hydrogen) atoms. The van der Waals surface area contributed by atoms with Crippen molar-refractivity contribution in [3.8, 4) is 0 Å². The summed E-state index contributed by atoms with van der Waals surface area (Å²) in [4.78, 5) is 13.5. The molecule has 1 atom stereocenters. The van der Waals surface area contributed by atoms with Crippen LogP contribution in [-0.2, 0) is 0 Å². The van der Waals surface area contributed by atoms with Crippen molar-refractivity contribution < 1.29 is 27.6 Å². The van der Waals surface area contributed by atoms with Crippen LogP contribution in [0.25, 0.3) is 0 Å². The van der Waals surface area contributed by atoms with E-state index in [0.717, 1.165) is 5.56 Å². The zero-order valence-corrected chi connectivity index (χ0v) is 13.2. The Bertz CT molecular complexity index is 558. The molecule has 9 heteroatoms. The van der Waals surface area contributed by atoms with Crippen molar-refractivity contribution in [3.05, 3.63) is 17.0 Å². The Kier molecular flexibility index (Phi) is 4.61. The molecule has 0 radical (unpaired) electrons. The zero-order chi connectivity index (χ0) is 17.4. The van der Waals surface area contributed by atoms with E-state index < -0.39 is 30.7 Å². The van der Waals surface area contributed by atoms with E-state index in [9.17, 15) is 23.1 Å². The number of likely N-dealkylation sites (tertiary alicyclic amines) is 1. The van der Waals surface area contributed by atoms with Gasteiger partial charge in [0.2, 0.25) is 0 Å². The molecular weight excluding hydrogens is 315 g/mol. The molecule has 130 valence electrons. The Hall–Kier alpha value is -1.77. The van der Waals surface area contributed by atoms with E-state index in [0.29, 0.717) is 11.5 Å². The van der Waals surface area contributed by atoms with Crippen molar-refractivity contribution in [1.29, 1.82) is 0 Å². The average molecular weight is 335 g/mol. The Morgan fingerprint density at radius 3 is 2.39 bits per heavy atom. The second-order valence-corrected chi connectivity index (χ2v) is 5.93. The van der Waals surface area contributed by atoms with Gasteiger partial charge in [-0.15, -0.1) is 0 Å². The van der Waals surface area contributed by atoms with Gasteiger partial charge in [-0.3, -0.25) is 0 Å². The number of piperidine rings is 1. The van der Waals surface area contributed by atoms with Crippen molar-refractivity contribution >= 4 is 6.03 Å². The van der Waals surface area contributed by atoms with Crippen molar-refractivity contribution in [2.24, 2.45) is 0 Å². The largest absolute Gasteiger partial charge is 0.417 e. The number of aliphatic hydroxyl groups is 1. The predicted molar refractivity (Wildman–Crippen MR) is 74.7 cm³/mol. The number of carbonyl (C=O) groups excluding carboxylic acids is 1. The fourth-order valence-corrected chi connectivity index (χ4v) is 2.82. The first-order chi connectivity index (χ1) is 10.5. The lowest BCUT2D eigenvalue weighted by Crippen LogP contribution is -2.56. The first-order valence-corrected chi connectivity index (χ1v) is 7.32. The number of carbonyl (C=O) groups is 1. The van der Waals surface area contributed by atoms with Crippen molar-refractivity contribution in [2.45, 2.75) is 51.4 Å². The van der Waals surface area contributed by atoms with E-state index in [2.05, 4.69) is 10.5 Å². The molecule has 2 rings (SSSR count). The maximum Gasteiger partial charge on any atom is 0.417 e. The van der Waals surface area contributed by atoms with Crippen molar-refractivity contribution in [1.82, 2.24) is 15.4 Å². The highest BCUT2D eigenvalue weighted by Crippen LogP contribution is 2.38. The fraction of sp³-hybridized carbons (Fsp3) is 0.714. The van der Waals surface area contributed by atoms with Crippen LogP contribution in [0.1, 0.15) is 42.8 Å². The van der Waals surface area contributed by atoms with Gasteiger partial charge in [0.25, 0.3) is 0 Å². The predicted octanol–water partition coefficient (Wildman–Crippen LogP) is 2.45. The van der Waals surface area contributed by atoms with Crippen LogP contribution in [0.5, 0.6) is 0 Å². The first kappa shape index (κ1) is 17.6. The SMILES string of the molecule is Cc1noc(C)c1[C@H](C)NC(=O)N1CCC(O)(C(F)(F)F)CC1. The van der Waals surface area contributed by atoms with E-state index in [-0.39, 0.29) is 19.1 Å². The normalized spacial score (nSPS) is 19.5. The second kappa shape index (κ2) is 6.03. The molecule has 0 bridgehead atoms. The van der Waals surface area contributed by atoms with Gasteiger partial charge in [-0.1, -0.05) is 5.16 Å². The van der Waals surface area contributed by atoms with Crippen LogP contribution in [0.2, 0.25) is 0 Å². The van der Waals surface area contributed by atoms with Crippen LogP contribution in [0.3, 0.4) is 0 Å². The maximum absolute atomic E-state index is 12.8. The van der Waals surface area contributed by atoms with Crippen LogP contribution >= 0.6 is 0 Å². The topological polar surface area (TPSA) is 78.6 Å². The number of aromatic nitrogens is 1. The number of hydrogen-bond acceptors (Lipinski definition) is 4. The summed E-state index contributed by atoms with van der Waals surface area (Å²) in [5.41, 5.74) is -1.31. The highest BCUT2D eigenvalue weighted by Gasteiger charge is 2.54. The molecule has 1 aliphatic heterocycles. The number of halogens is 3. The molecule has 1 saturated heterocycles. The van der Waals surface area contributed by atoms with Gasteiger partial charge in [0.15, 0.2) is 5.60 Å². The Morgan fingerprint density at radius 2 is 1.96 bits per heavy atom. The van der Waals surface area contributed by atoms with E-state index in [1.54, 1.807) is 20.8 Å². The summed E-state index contributed by atoms with van der Waals surface area (Å²) >= 11 is 0. The van der Waals surface area contributed by atoms with E-state index in [1.807, 2.05) is 0 Å². The third-order valence-corrected chi connectivity index (χ3v) is 4.27. The molecule has 0 aliphatic carbocycles. The molecule has 2 heterocycles. The highest BCUT2D eigenvalue weighted by molar-refractivity contribution is 5.75. The zero-order valence-electron chi connectivity index (χ0n) is 13.2. The number of alkyl halides is 3. The monoisotopic (exact) mass is 335 g/mol. The Morgan fingerprint density at radius 1 is 1.39 bits per heavy atom. The fourth-order valence-electron chi connectivity index (χ4n) is 2.82. The number of nitrogens with zero attached hydrogens (tertiary/aromatic N) is 2. The van der Waals surface area contributed by atoms with Gasteiger partial charge in [-0.2, -0.15) is 13.2 Å². The summed E-state index contributed by atoms with van der Waals surface area (Å²) in [6.45, 7) is 4.91. The van der Waals surface area contributed by atoms with Crippen molar-refractivity contribution in [3.63, 3.8) is 0 Å². The molecule has 1 aliphatic rings. The molecule has 6 nitrogen and oxygen atoms in total. The quantitative estimate of drug-likeness (QED) is 0.870. The Labute approximate surface area is 131 Å². The molecule has 2 amide bonds. The number of urea groups is 1. The molecule has 1 fully saturated rings. The minimum Gasteiger partial charge on any atom is -0.380 e. The molecule has 2 N–H and O–H groups in total. The average Bonchev–Trinajstić information content (AvgIpc) is 2.77. The summed E-state index contributed by atoms with van der Waals surface area (Å²) < 4.78 is 43.3. The summed E-state index contributed by atoms with van der Waals surface area (Å²) in [7, 11) is 0. The number of amides is 2. The first-order valence-electron chi connectivity index (χ1n) is 7.32. The van der Waals surface area contributed by atoms with Crippen molar-refractivity contribution in [2.75, 3.05) is 13.1 Å². The molecule has 0 saturated carbocycles. The summed E-state index contributed by atoms with van der Waals surface area (Å²) in [6.07, 6.45) is -5.73. The number of aryl methyl sites for hydroxylation is 2. The molecule has 1 aromatic heterocycles. The number of nitrogens with one attached hydrogen (secondary N) is 1. The number of rotatable bonds is 2. The van der Waals surface area contributed by atoms with Crippen LogP contribution in [0, 0.1) is 13.8 Å². The second-order valence-electron chi connectivity index (χ2n) is 5.93. The third-order valence-electron chi connectivity index (χ3n) is 4.27.